The van der Waals surface area contributed by atoms with Crippen LogP contribution in [-0.4, -0.2) is 10.4 Å². The predicted octanol–water partition coefficient (Wildman–Crippen LogP) is 2.18. The van der Waals surface area contributed by atoms with E-state index in [1.165, 1.54) is 35.0 Å². The number of nitrogens with zero attached hydrogens (tertiary/aromatic N) is 1. The number of aromatic nitrogens is 1. The lowest BCUT2D eigenvalue weighted by molar-refractivity contribution is 0.0967. The zero-order valence-electron chi connectivity index (χ0n) is 9.89. The molecule has 1 aromatic heterocycles. The van der Waals surface area contributed by atoms with Crippen LogP contribution < -0.4 is 5.56 Å². The van der Waals surface area contributed by atoms with Gasteiger partial charge < -0.3 is 4.57 Å². The van der Waals surface area contributed by atoms with E-state index in [2.05, 4.69) is 0 Å². The zero-order chi connectivity index (χ0) is 13.1. The van der Waals surface area contributed by atoms with Crippen molar-refractivity contribution in [1.82, 2.24) is 4.57 Å². The molecule has 0 aliphatic heterocycles. The molecular weight excluding hydrogens is 233 g/mol. The second kappa shape index (κ2) is 4.96. The van der Waals surface area contributed by atoms with Crippen molar-refractivity contribution in [2.24, 2.45) is 0 Å². The van der Waals surface area contributed by atoms with Gasteiger partial charge in [0.15, 0.2) is 5.78 Å². The van der Waals surface area contributed by atoms with Crippen LogP contribution >= 0.6 is 0 Å². The molecule has 0 saturated heterocycles. The van der Waals surface area contributed by atoms with Crippen LogP contribution in [0, 0.1) is 12.7 Å². The molecule has 4 heteroatoms. The van der Waals surface area contributed by atoms with Gasteiger partial charge in [0, 0.05) is 12.3 Å². The fourth-order valence-electron chi connectivity index (χ4n) is 1.66. The van der Waals surface area contributed by atoms with Crippen molar-refractivity contribution < 1.29 is 9.18 Å². The molecule has 92 valence electrons. The fraction of sp³-hybridized carbons (Fsp3) is 0.143. The largest absolute Gasteiger partial charge is 0.308 e. The summed E-state index contributed by atoms with van der Waals surface area (Å²) in [7, 11) is 0. The first kappa shape index (κ1) is 12.2. The molecule has 3 nitrogen and oxygen atoms in total. The van der Waals surface area contributed by atoms with Crippen LogP contribution in [0.4, 0.5) is 4.39 Å². The Morgan fingerprint density at radius 1 is 1.28 bits per heavy atom. The molecule has 0 amide bonds. The number of hydrogen-bond donors (Lipinski definition) is 0. The number of benzene rings is 1. The van der Waals surface area contributed by atoms with Crippen LogP contribution in [0.15, 0.2) is 47.4 Å². The van der Waals surface area contributed by atoms with Crippen LogP contribution in [0.1, 0.15) is 15.9 Å². The van der Waals surface area contributed by atoms with Gasteiger partial charge in [0.05, 0.1) is 12.1 Å². The van der Waals surface area contributed by atoms with E-state index in [9.17, 15) is 14.0 Å². The van der Waals surface area contributed by atoms with Crippen LogP contribution in [0.5, 0.6) is 0 Å². The number of carbonyl (C=O) groups excluding carboxylic acids is 1. The summed E-state index contributed by atoms with van der Waals surface area (Å²) >= 11 is 0. The second-order valence-corrected chi connectivity index (χ2v) is 4.07. The highest BCUT2D eigenvalue weighted by atomic mass is 19.1. The third-order valence-electron chi connectivity index (χ3n) is 2.64. The van der Waals surface area contributed by atoms with Gasteiger partial charge in [0.25, 0.3) is 5.56 Å². The second-order valence-electron chi connectivity index (χ2n) is 4.07. The molecule has 1 heterocycles. The van der Waals surface area contributed by atoms with E-state index in [-0.39, 0.29) is 17.7 Å². The molecule has 0 aliphatic carbocycles. The lowest BCUT2D eigenvalue weighted by Gasteiger charge is -2.05. The molecule has 0 saturated carbocycles. The average molecular weight is 245 g/mol. The zero-order valence-corrected chi connectivity index (χ0v) is 9.89. The molecule has 2 rings (SSSR count). The van der Waals surface area contributed by atoms with Crippen molar-refractivity contribution in [3.63, 3.8) is 0 Å². The smallest absolute Gasteiger partial charge is 0.251 e. The van der Waals surface area contributed by atoms with Gasteiger partial charge in [0.1, 0.15) is 5.82 Å². The van der Waals surface area contributed by atoms with E-state index in [1.807, 2.05) is 0 Å². The Labute approximate surface area is 104 Å². The van der Waals surface area contributed by atoms with E-state index >= 15 is 0 Å². The summed E-state index contributed by atoms with van der Waals surface area (Å²) < 4.78 is 14.7. The van der Waals surface area contributed by atoms with Crippen LogP contribution in [0.2, 0.25) is 0 Å². The SMILES string of the molecule is Cc1ccn(CC(=O)c2ccccc2F)c(=O)c1. The van der Waals surface area contributed by atoms with Crippen molar-refractivity contribution in [3.05, 3.63) is 69.9 Å². The van der Waals surface area contributed by atoms with Gasteiger partial charge in [-0.25, -0.2) is 4.39 Å². The number of rotatable bonds is 3. The van der Waals surface area contributed by atoms with Gasteiger partial charge in [-0.15, -0.1) is 0 Å². The van der Waals surface area contributed by atoms with Crippen molar-refractivity contribution in [3.8, 4) is 0 Å². The third-order valence-corrected chi connectivity index (χ3v) is 2.64. The summed E-state index contributed by atoms with van der Waals surface area (Å²) in [6.07, 6.45) is 1.54. The third kappa shape index (κ3) is 2.53. The topological polar surface area (TPSA) is 39.1 Å². The maximum atomic E-state index is 13.4. The van der Waals surface area contributed by atoms with Gasteiger partial charge >= 0.3 is 0 Å². The van der Waals surface area contributed by atoms with E-state index < -0.39 is 11.6 Å². The highest BCUT2D eigenvalue weighted by Crippen LogP contribution is 2.08. The van der Waals surface area contributed by atoms with Gasteiger partial charge in [-0.3, -0.25) is 9.59 Å². The molecule has 0 unspecified atom stereocenters. The molecule has 2 aromatic rings. The number of hydrogen-bond acceptors (Lipinski definition) is 2. The number of aryl methyl sites for hydroxylation is 1. The van der Waals surface area contributed by atoms with Gasteiger partial charge in [-0.1, -0.05) is 12.1 Å². The quantitative estimate of drug-likeness (QED) is 0.777. The number of pyridine rings is 1. The first-order valence-electron chi connectivity index (χ1n) is 5.53. The fourth-order valence-corrected chi connectivity index (χ4v) is 1.66. The van der Waals surface area contributed by atoms with E-state index in [1.54, 1.807) is 19.1 Å². The average Bonchev–Trinajstić information content (AvgIpc) is 2.33. The van der Waals surface area contributed by atoms with Crippen molar-refractivity contribution in [2.45, 2.75) is 13.5 Å². The summed E-state index contributed by atoms with van der Waals surface area (Å²) in [5, 5.41) is 0. The molecule has 0 N–H and O–H groups in total. The van der Waals surface area contributed by atoms with Crippen LogP contribution in [0.25, 0.3) is 0 Å². The highest BCUT2D eigenvalue weighted by molar-refractivity contribution is 5.96. The molecule has 1 aromatic carbocycles. The van der Waals surface area contributed by atoms with E-state index in [4.69, 9.17) is 0 Å². The van der Waals surface area contributed by atoms with Crippen LogP contribution in [0.3, 0.4) is 0 Å². The predicted molar refractivity (Wildman–Crippen MR) is 66.2 cm³/mol. The number of halogens is 1. The lowest BCUT2D eigenvalue weighted by Crippen LogP contribution is -2.23. The summed E-state index contributed by atoms with van der Waals surface area (Å²) in [5.41, 5.74) is 0.569. The maximum Gasteiger partial charge on any atom is 0.251 e. The molecule has 0 spiro atoms. The number of carbonyl (C=O) groups is 1. The lowest BCUT2D eigenvalue weighted by atomic mass is 10.1. The standard InChI is InChI=1S/C14H12FNO2/c1-10-6-7-16(14(18)8-10)9-13(17)11-4-2-3-5-12(11)15/h2-8H,9H2,1H3. The molecule has 0 atom stereocenters. The minimum absolute atomic E-state index is 0.00461. The maximum absolute atomic E-state index is 13.4. The Bertz CT molecular complexity index is 646. The molecule has 18 heavy (non-hydrogen) atoms. The monoisotopic (exact) mass is 245 g/mol. The minimum atomic E-state index is -0.567. The molecule has 0 radical (unpaired) electrons. The van der Waals surface area contributed by atoms with E-state index in [0.29, 0.717) is 0 Å². The molecule has 0 bridgehead atoms. The molecular formula is C14H12FNO2. The van der Waals surface area contributed by atoms with Crippen LogP contribution in [-0.2, 0) is 6.54 Å². The number of ketones is 1. The Hall–Kier alpha value is -2.23. The Kier molecular flexibility index (Phi) is 3.37. The first-order chi connectivity index (χ1) is 8.58. The molecule has 0 fully saturated rings. The summed E-state index contributed by atoms with van der Waals surface area (Å²) in [5.74, 6) is -0.985. The summed E-state index contributed by atoms with van der Waals surface area (Å²) in [4.78, 5) is 23.5. The first-order valence-corrected chi connectivity index (χ1v) is 5.53. The van der Waals surface area contributed by atoms with Gasteiger partial charge in [0.2, 0.25) is 0 Å². The summed E-state index contributed by atoms with van der Waals surface area (Å²) in [6.45, 7) is 1.64. The van der Waals surface area contributed by atoms with Crippen molar-refractivity contribution in [1.29, 1.82) is 0 Å². The minimum Gasteiger partial charge on any atom is -0.308 e. The Morgan fingerprint density at radius 2 is 2.00 bits per heavy atom. The normalized spacial score (nSPS) is 10.3. The highest BCUT2D eigenvalue weighted by Gasteiger charge is 2.11. The molecule has 0 aliphatic rings. The van der Waals surface area contributed by atoms with Crippen molar-refractivity contribution >= 4 is 5.78 Å². The van der Waals surface area contributed by atoms with Gasteiger partial charge in [-0.2, -0.15) is 0 Å². The Balaban J connectivity index is 2.27. The van der Waals surface area contributed by atoms with E-state index in [0.717, 1.165) is 5.56 Å². The van der Waals surface area contributed by atoms with Crippen molar-refractivity contribution in [2.75, 3.05) is 0 Å². The Morgan fingerprint density at radius 3 is 2.67 bits per heavy atom. The summed E-state index contributed by atoms with van der Waals surface area (Å²) in [6, 6.07) is 8.92. The number of Topliss-reactive ketones (excluding diaryl/α,β-unsaturated/α-hetero) is 1. The van der Waals surface area contributed by atoms with Gasteiger partial charge in [-0.05, 0) is 30.7 Å².